The van der Waals surface area contributed by atoms with Gasteiger partial charge in [-0.2, -0.15) is 0 Å². The summed E-state index contributed by atoms with van der Waals surface area (Å²) < 4.78 is 20.2. The molecule has 2 unspecified atom stereocenters. The number of aliphatic hydroxyl groups is 1. The van der Waals surface area contributed by atoms with Gasteiger partial charge in [0.2, 0.25) is 5.91 Å². The van der Waals surface area contributed by atoms with Crippen LogP contribution in [0.1, 0.15) is 82.6 Å². The lowest BCUT2D eigenvalue weighted by molar-refractivity contribution is -0.136. The number of phosphoric ester groups is 1. The second kappa shape index (κ2) is 26.0. The Bertz CT molecular complexity index is 445. The van der Waals surface area contributed by atoms with Crippen LogP contribution in [0.3, 0.4) is 0 Å². The van der Waals surface area contributed by atoms with Gasteiger partial charge in [0.15, 0.2) is 0 Å². The highest BCUT2D eigenvalue weighted by atomic mass is 31.2. The summed E-state index contributed by atoms with van der Waals surface area (Å²) in [5.41, 5.74) is -0.377. The number of nitrogens with one attached hydrogen (secondary N) is 1. The first-order chi connectivity index (χ1) is 14.1. The molecule has 0 rings (SSSR count). The molecule has 0 radical (unpaired) electrons. The molecule has 0 saturated carbocycles. The topological polar surface area (TPSA) is 127 Å². The van der Waals surface area contributed by atoms with Crippen LogP contribution in [-0.4, -0.2) is 55.1 Å². The Labute approximate surface area is 185 Å². The third-order valence-corrected chi connectivity index (χ3v) is 3.77. The molecule has 0 spiro atoms. The molecule has 0 bridgehead atoms. The van der Waals surface area contributed by atoms with E-state index in [0.29, 0.717) is 12.1 Å². The average Bonchev–Trinajstić information content (AvgIpc) is 2.77. The summed E-state index contributed by atoms with van der Waals surface area (Å²) in [6.07, 6.45) is -0.942. The molecule has 2 atom stereocenters. The minimum atomic E-state index is -4.15. The van der Waals surface area contributed by atoms with Crippen LogP contribution >= 0.6 is 7.82 Å². The number of carbonyl (C=O) groups excluding carboxylic acids is 1. The molecule has 1 amide bonds. The van der Waals surface area contributed by atoms with Crippen LogP contribution in [0.4, 0.5) is 0 Å². The van der Waals surface area contributed by atoms with Gasteiger partial charge >= 0.3 is 7.82 Å². The number of hydrogen-bond donors (Lipinski definition) is 3. The lowest BCUT2D eigenvalue weighted by Crippen LogP contribution is -2.46. The van der Waals surface area contributed by atoms with E-state index >= 15 is 0 Å². The highest BCUT2D eigenvalue weighted by Gasteiger charge is 2.36. The molecule has 186 valence electrons. The van der Waals surface area contributed by atoms with Crippen molar-refractivity contribution in [3.8, 4) is 0 Å². The zero-order valence-electron chi connectivity index (χ0n) is 21.5. The number of rotatable bonds is 10. The standard InChI is InChI=1S/C12H25N2O7P.4C2H6/c1-9(14-19-4)6-7-13-11(16)10(15)12(2,3)8-21-22(17,18)20-5;4*1-2/h10,15H,6-8H2,1-5H3,(H,13,16)(H,17,18);4*1-2H3/b14-9+;;;;. The van der Waals surface area contributed by atoms with Crippen molar-refractivity contribution in [1.82, 2.24) is 5.32 Å². The maximum Gasteiger partial charge on any atom is 0.471 e. The minimum absolute atomic E-state index is 0.280. The van der Waals surface area contributed by atoms with Crippen LogP contribution in [-0.2, 0) is 23.2 Å². The maximum atomic E-state index is 11.9. The molecule has 0 aliphatic heterocycles. The van der Waals surface area contributed by atoms with Crippen molar-refractivity contribution in [3.63, 3.8) is 0 Å². The zero-order valence-corrected chi connectivity index (χ0v) is 22.4. The van der Waals surface area contributed by atoms with Gasteiger partial charge in [-0.05, 0) is 6.92 Å². The number of amides is 1. The quantitative estimate of drug-likeness (QED) is 0.243. The van der Waals surface area contributed by atoms with Crippen molar-refractivity contribution < 1.29 is 33.2 Å². The molecule has 0 aliphatic rings. The van der Waals surface area contributed by atoms with E-state index in [0.717, 1.165) is 7.11 Å². The van der Waals surface area contributed by atoms with Crippen LogP contribution in [0, 0.1) is 5.41 Å². The lowest BCUT2D eigenvalue weighted by Gasteiger charge is -2.29. The Hall–Kier alpha value is -0.990. The highest BCUT2D eigenvalue weighted by molar-refractivity contribution is 7.47. The summed E-state index contributed by atoms with van der Waals surface area (Å²) in [4.78, 5) is 25.6. The number of aliphatic hydroxyl groups excluding tert-OH is 1. The van der Waals surface area contributed by atoms with Gasteiger partial charge in [-0.25, -0.2) is 4.57 Å². The van der Waals surface area contributed by atoms with E-state index in [1.165, 1.54) is 21.0 Å². The van der Waals surface area contributed by atoms with Gasteiger partial charge < -0.3 is 20.2 Å². The SMILES string of the molecule is CC.CC.CC.CC.CO/N=C(\C)CCNC(=O)C(O)C(C)(C)COP(=O)(O)OC. The van der Waals surface area contributed by atoms with E-state index in [9.17, 15) is 14.5 Å². The zero-order chi connectivity index (χ0) is 25.4. The number of nitrogens with zero attached hydrogens (tertiary/aromatic N) is 1. The predicted octanol–water partition coefficient (Wildman–Crippen LogP) is 4.77. The van der Waals surface area contributed by atoms with Crippen LogP contribution < -0.4 is 5.32 Å². The van der Waals surface area contributed by atoms with Gasteiger partial charge in [0, 0.05) is 25.5 Å². The first kappa shape index (κ1) is 39.5. The van der Waals surface area contributed by atoms with Crippen LogP contribution in [0.25, 0.3) is 0 Å². The Kier molecular flexibility index (Phi) is 34.3. The van der Waals surface area contributed by atoms with E-state index in [2.05, 4.69) is 19.8 Å². The molecule has 0 heterocycles. The fourth-order valence-electron chi connectivity index (χ4n) is 1.40. The highest BCUT2D eigenvalue weighted by Crippen LogP contribution is 2.43. The largest absolute Gasteiger partial charge is 0.471 e. The molecule has 0 aromatic rings. The normalized spacial score (nSPS) is 13.1. The predicted molar refractivity (Wildman–Crippen MR) is 126 cm³/mol. The molecule has 10 heteroatoms. The fourth-order valence-corrected chi connectivity index (χ4v) is 2.00. The van der Waals surface area contributed by atoms with Crippen molar-refractivity contribution in [1.29, 1.82) is 0 Å². The van der Waals surface area contributed by atoms with Crippen molar-refractivity contribution >= 4 is 19.4 Å². The molecule has 3 N–H and O–H groups in total. The first-order valence-corrected chi connectivity index (χ1v) is 12.1. The number of hydrogen-bond acceptors (Lipinski definition) is 7. The van der Waals surface area contributed by atoms with Gasteiger partial charge in [0.1, 0.15) is 13.2 Å². The van der Waals surface area contributed by atoms with Gasteiger partial charge in [0.05, 0.1) is 12.3 Å². The molecule has 0 aromatic carbocycles. The minimum Gasteiger partial charge on any atom is -0.399 e. The molecule has 30 heavy (non-hydrogen) atoms. The van der Waals surface area contributed by atoms with Crippen molar-refractivity contribution in [2.45, 2.75) is 88.7 Å². The Morgan fingerprint density at radius 1 is 1.07 bits per heavy atom. The van der Waals surface area contributed by atoms with E-state index in [4.69, 9.17) is 9.42 Å². The van der Waals surface area contributed by atoms with Crippen molar-refractivity contribution in [3.05, 3.63) is 0 Å². The van der Waals surface area contributed by atoms with Gasteiger partial charge in [0.25, 0.3) is 0 Å². The van der Waals surface area contributed by atoms with Gasteiger partial charge in [-0.3, -0.25) is 13.8 Å². The summed E-state index contributed by atoms with van der Waals surface area (Å²) in [6.45, 7) is 20.8. The maximum absolute atomic E-state index is 11.9. The average molecular weight is 461 g/mol. The first-order valence-electron chi connectivity index (χ1n) is 10.6. The molecular weight excluding hydrogens is 411 g/mol. The van der Waals surface area contributed by atoms with Crippen LogP contribution in [0.15, 0.2) is 5.16 Å². The van der Waals surface area contributed by atoms with Gasteiger partial charge in [-0.15, -0.1) is 0 Å². The fraction of sp³-hybridized carbons (Fsp3) is 0.900. The summed E-state index contributed by atoms with van der Waals surface area (Å²) >= 11 is 0. The van der Waals surface area contributed by atoms with E-state index < -0.39 is 25.2 Å². The smallest absolute Gasteiger partial charge is 0.399 e. The van der Waals surface area contributed by atoms with Crippen LogP contribution in [0.5, 0.6) is 0 Å². The van der Waals surface area contributed by atoms with Crippen molar-refractivity contribution in [2.75, 3.05) is 27.4 Å². The molecule has 0 aliphatic carbocycles. The monoisotopic (exact) mass is 460 g/mol. The van der Waals surface area contributed by atoms with E-state index in [1.54, 1.807) is 6.92 Å². The Morgan fingerprint density at radius 3 is 1.87 bits per heavy atom. The van der Waals surface area contributed by atoms with E-state index in [1.807, 2.05) is 55.4 Å². The summed E-state index contributed by atoms with van der Waals surface area (Å²) in [7, 11) is -1.70. The van der Waals surface area contributed by atoms with E-state index in [-0.39, 0.29) is 13.2 Å². The van der Waals surface area contributed by atoms with Crippen molar-refractivity contribution in [2.24, 2.45) is 10.6 Å². The Morgan fingerprint density at radius 2 is 1.50 bits per heavy atom. The second-order valence-corrected chi connectivity index (χ2v) is 6.93. The molecule has 9 nitrogen and oxygen atoms in total. The molecular formula is C20H49N2O7P. The summed E-state index contributed by atoms with van der Waals surface area (Å²) in [6, 6.07) is 0. The number of phosphoric acid groups is 1. The summed E-state index contributed by atoms with van der Waals surface area (Å²) in [5.74, 6) is -0.607. The van der Waals surface area contributed by atoms with Crippen LogP contribution in [0.2, 0.25) is 0 Å². The third kappa shape index (κ3) is 23.3. The number of oxime groups is 1. The van der Waals surface area contributed by atoms with Gasteiger partial charge in [-0.1, -0.05) is 74.4 Å². The summed E-state index contributed by atoms with van der Waals surface area (Å²) in [5, 5.41) is 16.3. The Balaban J connectivity index is -0.000000231. The molecule has 0 saturated heterocycles. The lowest BCUT2D eigenvalue weighted by atomic mass is 9.87. The molecule has 0 fully saturated rings. The second-order valence-electron chi connectivity index (χ2n) is 5.37. The molecule has 0 aromatic heterocycles. The number of carbonyl (C=O) groups is 1. The third-order valence-electron chi connectivity index (χ3n) is 2.85.